The molecular weight excluding hydrogens is 566 g/mol. The standard InChI is InChI=1S/C6H4I2O2.2C6H6O2/c7-3-1-5(9)4(8)2-6(3)10;7-5-1-2-6(8)4-3-5;7-5-2-1-3-6(8)4-5/h1-2,9-10H;2*1-4,7-8H. The maximum atomic E-state index is 9.10. The molecule has 0 bridgehead atoms. The first-order chi connectivity index (χ1) is 12.2. The molecule has 0 saturated carbocycles. The van der Waals surface area contributed by atoms with E-state index >= 15 is 0 Å². The molecule has 0 spiro atoms. The van der Waals surface area contributed by atoms with Gasteiger partial charge in [-0.25, -0.2) is 0 Å². The summed E-state index contributed by atoms with van der Waals surface area (Å²) in [4.78, 5) is 0. The van der Waals surface area contributed by atoms with E-state index in [1.807, 2.05) is 45.2 Å². The van der Waals surface area contributed by atoms with Gasteiger partial charge in [0.25, 0.3) is 0 Å². The second-order valence-corrected chi connectivity index (χ2v) is 7.12. The van der Waals surface area contributed by atoms with Crippen LogP contribution in [0, 0.1) is 7.14 Å². The number of rotatable bonds is 0. The van der Waals surface area contributed by atoms with Gasteiger partial charge in [0, 0.05) is 6.07 Å². The Bertz CT molecular complexity index is 749. The van der Waals surface area contributed by atoms with Crippen LogP contribution in [0.4, 0.5) is 0 Å². The van der Waals surface area contributed by atoms with Gasteiger partial charge < -0.3 is 30.6 Å². The van der Waals surface area contributed by atoms with Crippen molar-refractivity contribution in [3.05, 3.63) is 67.8 Å². The van der Waals surface area contributed by atoms with Crippen LogP contribution in [-0.2, 0) is 0 Å². The summed E-state index contributed by atoms with van der Waals surface area (Å²) in [6.07, 6.45) is 0. The Hall–Kier alpha value is -2.08. The maximum Gasteiger partial charge on any atom is 0.130 e. The molecule has 0 unspecified atom stereocenters. The molecule has 6 nitrogen and oxygen atoms in total. The third kappa shape index (κ3) is 8.34. The minimum atomic E-state index is 0.0880. The van der Waals surface area contributed by atoms with Crippen LogP contribution in [-0.4, -0.2) is 30.6 Å². The van der Waals surface area contributed by atoms with Crippen LogP contribution in [0.2, 0.25) is 0 Å². The van der Waals surface area contributed by atoms with Crippen molar-refractivity contribution >= 4 is 45.2 Å². The molecule has 6 N–H and O–H groups in total. The first-order valence-corrected chi connectivity index (χ1v) is 9.17. The first kappa shape index (κ1) is 22.0. The molecule has 0 aliphatic carbocycles. The SMILES string of the molecule is Oc1cc(I)c(O)cc1I.Oc1ccc(O)cc1.Oc1cccc(O)c1. The van der Waals surface area contributed by atoms with Gasteiger partial charge in [-0.1, -0.05) is 6.07 Å². The summed E-state index contributed by atoms with van der Waals surface area (Å²) in [6.45, 7) is 0. The molecule has 0 heterocycles. The summed E-state index contributed by atoms with van der Waals surface area (Å²) >= 11 is 3.91. The van der Waals surface area contributed by atoms with Gasteiger partial charge in [0.15, 0.2) is 0 Å². The summed E-state index contributed by atoms with van der Waals surface area (Å²) in [5, 5.41) is 52.8. The molecule has 0 aliphatic rings. The Kier molecular flexibility index (Phi) is 9.13. The van der Waals surface area contributed by atoms with Crippen molar-refractivity contribution in [3.63, 3.8) is 0 Å². The summed E-state index contributed by atoms with van der Waals surface area (Å²) < 4.78 is 1.33. The molecule has 3 rings (SSSR count). The van der Waals surface area contributed by atoms with Gasteiger partial charge in [0.05, 0.1) is 7.14 Å². The number of benzene rings is 3. The average Bonchev–Trinajstić information content (AvgIpc) is 2.57. The molecule has 0 amide bonds. The normalized spacial score (nSPS) is 9.31. The van der Waals surface area contributed by atoms with E-state index < -0.39 is 0 Å². The van der Waals surface area contributed by atoms with Crippen molar-refractivity contribution in [2.45, 2.75) is 0 Å². The second kappa shape index (κ2) is 10.8. The lowest BCUT2D eigenvalue weighted by Crippen LogP contribution is -1.77. The monoisotopic (exact) mass is 582 g/mol. The highest BCUT2D eigenvalue weighted by Crippen LogP contribution is 2.28. The van der Waals surface area contributed by atoms with Gasteiger partial charge in [0.2, 0.25) is 0 Å². The zero-order chi connectivity index (χ0) is 19.7. The van der Waals surface area contributed by atoms with Crippen LogP contribution in [0.5, 0.6) is 34.5 Å². The second-order valence-electron chi connectivity index (χ2n) is 4.79. The number of halogens is 2. The lowest BCUT2D eigenvalue weighted by Gasteiger charge is -1.99. The van der Waals surface area contributed by atoms with Crippen molar-refractivity contribution in [1.29, 1.82) is 0 Å². The van der Waals surface area contributed by atoms with E-state index in [0.29, 0.717) is 7.14 Å². The van der Waals surface area contributed by atoms with E-state index in [1.165, 1.54) is 54.6 Å². The van der Waals surface area contributed by atoms with E-state index in [4.69, 9.17) is 30.6 Å². The highest BCUT2D eigenvalue weighted by molar-refractivity contribution is 14.1. The summed E-state index contributed by atoms with van der Waals surface area (Å²) in [5.74, 6) is 0.936. The predicted molar refractivity (Wildman–Crippen MR) is 115 cm³/mol. The third-order valence-corrected chi connectivity index (χ3v) is 4.42. The topological polar surface area (TPSA) is 121 Å². The average molecular weight is 582 g/mol. The van der Waals surface area contributed by atoms with Crippen molar-refractivity contribution in [2.24, 2.45) is 0 Å². The lowest BCUT2D eigenvalue weighted by molar-refractivity contribution is 0.450. The smallest absolute Gasteiger partial charge is 0.130 e. The molecule has 0 aromatic heterocycles. The van der Waals surface area contributed by atoms with Crippen molar-refractivity contribution in [3.8, 4) is 34.5 Å². The Labute approximate surface area is 177 Å². The molecular formula is C18H16I2O6. The highest BCUT2D eigenvalue weighted by atomic mass is 127. The Balaban J connectivity index is 0.000000197. The Morgan fingerprint density at radius 1 is 0.462 bits per heavy atom. The molecule has 0 radical (unpaired) electrons. The molecule has 3 aromatic carbocycles. The third-order valence-electron chi connectivity index (χ3n) is 2.70. The van der Waals surface area contributed by atoms with Crippen molar-refractivity contribution in [1.82, 2.24) is 0 Å². The number of phenolic OH excluding ortho intramolecular Hbond substituents is 6. The highest BCUT2D eigenvalue weighted by Gasteiger charge is 2.02. The van der Waals surface area contributed by atoms with E-state index in [-0.39, 0.29) is 34.5 Å². The molecule has 26 heavy (non-hydrogen) atoms. The van der Waals surface area contributed by atoms with Crippen LogP contribution in [0.3, 0.4) is 0 Å². The molecule has 0 saturated heterocycles. The maximum absolute atomic E-state index is 9.10. The van der Waals surface area contributed by atoms with Crippen LogP contribution >= 0.6 is 45.2 Å². The van der Waals surface area contributed by atoms with Crippen molar-refractivity contribution in [2.75, 3.05) is 0 Å². The number of aromatic hydroxyl groups is 6. The lowest BCUT2D eigenvalue weighted by atomic mass is 10.3. The van der Waals surface area contributed by atoms with Gasteiger partial charge in [0.1, 0.15) is 34.5 Å². The van der Waals surface area contributed by atoms with Crippen LogP contribution in [0.25, 0.3) is 0 Å². The van der Waals surface area contributed by atoms with E-state index in [2.05, 4.69) is 0 Å². The van der Waals surface area contributed by atoms with E-state index in [9.17, 15) is 0 Å². The summed E-state index contributed by atoms with van der Waals surface area (Å²) in [6, 6.07) is 14.6. The van der Waals surface area contributed by atoms with Gasteiger partial charge >= 0.3 is 0 Å². The number of hydrogen-bond donors (Lipinski definition) is 6. The van der Waals surface area contributed by atoms with E-state index in [1.54, 1.807) is 6.07 Å². The van der Waals surface area contributed by atoms with Gasteiger partial charge in [-0.05, 0) is 93.7 Å². The van der Waals surface area contributed by atoms with Crippen LogP contribution in [0.1, 0.15) is 0 Å². The largest absolute Gasteiger partial charge is 0.508 e. The van der Waals surface area contributed by atoms with Gasteiger partial charge in [-0.2, -0.15) is 0 Å². The zero-order valence-electron chi connectivity index (χ0n) is 13.2. The first-order valence-electron chi connectivity index (χ1n) is 7.02. The predicted octanol–water partition coefficient (Wildman–Crippen LogP) is 4.50. The van der Waals surface area contributed by atoms with Gasteiger partial charge in [-0.15, -0.1) is 0 Å². The molecule has 0 atom stereocenters. The molecule has 0 aliphatic heterocycles. The molecule has 8 heteroatoms. The van der Waals surface area contributed by atoms with Crippen molar-refractivity contribution < 1.29 is 30.6 Å². The fraction of sp³-hybridized carbons (Fsp3) is 0. The number of phenols is 6. The summed E-state index contributed by atoms with van der Waals surface area (Å²) in [5.41, 5.74) is 0. The Morgan fingerprint density at radius 3 is 1.08 bits per heavy atom. The summed E-state index contributed by atoms with van der Waals surface area (Å²) in [7, 11) is 0. The zero-order valence-corrected chi connectivity index (χ0v) is 17.5. The fourth-order valence-corrected chi connectivity index (χ4v) is 2.37. The van der Waals surface area contributed by atoms with Crippen LogP contribution < -0.4 is 0 Å². The molecule has 138 valence electrons. The van der Waals surface area contributed by atoms with E-state index in [0.717, 1.165) is 0 Å². The number of hydrogen-bond acceptors (Lipinski definition) is 6. The molecule has 3 aromatic rings. The quantitative estimate of drug-likeness (QED) is 0.172. The minimum absolute atomic E-state index is 0.0880. The Morgan fingerprint density at radius 2 is 0.808 bits per heavy atom. The molecule has 0 fully saturated rings. The van der Waals surface area contributed by atoms with Crippen LogP contribution in [0.15, 0.2) is 60.7 Å². The minimum Gasteiger partial charge on any atom is -0.508 e. The van der Waals surface area contributed by atoms with Gasteiger partial charge in [-0.3, -0.25) is 0 Å². The fourth-order valence-electron chi connectivity index (χ4n) is 1.47.